The Bertz CT molecular complexity index is 3910. The molecule has 1 aliphatic heterocycles. The zero-order valence-corrected chi connectivity index (χ0v) is 53.5. The Morgan fingerprint density at radius 1 is 0.689 bits per heavy atom. The number of aromatic nitrogens is 5. The Morgan fingerprint density at radius 2 is 1.29 bits per heavy atom. The molecule has 4 atom stereocenters. The Balaban J connectivity index is 0.000000172. The minimum Gasteiger partial charge on any atom is -0.478 e. The first-order valence-corrected chi connectivity index (χ1v) is 32.0. The van der Waals surface area contributed by atoms with E-state index in [-0.39, 0.29) is 35.9 Å². The summed E-state index contributed by atoms with van der Waals surface area (Å²) in [4.78, 5) is 111. The first-order valence-electron chi connectivity index (χ1n) is 26.6. The molecule has 25 heteroatoms. The normalized spacial score (nSPS) is 14.8. The average molecular weight is 1340 g/mol. The first-order chi connectivity index (χ1) is 43.5. The van der Waals surface area contributed by atoms with Crippen LogP contribution < -0.4 is 0 Å². The van der Waals surface area contributed by atoms with Gasteiger partial charge in [-0.05, 0) is 130 Å². The molecule has 90 heavy (non-hydrogen) atoms. The molecule has 0 radical (unpaired) electrons. The highest BCUT2D eigenvalue weighted by Gasteiger charge is 2.51. The number of aromatic carboxylic acids is 1. The van der Waals surface area contributed by atoms with Crippen LogP contribution in [0.15, 0.2) is 231 Å². The third kappa shape index (κ3) is 18.7. The van der Waals surface area contributed by atoms with Crippen LogP contribution in [-0.2, 0) is 44.7 Å². The number of rotatable bonds is 17. The van der Waals surface area contributed by atoms with Crippen LogP contribution in [-0.4, -0.2) is 113 Å². The van der Waals surface area contributed by atoms with E-state index in [1.165, 1.54) is 73.7 Å². The number of ketones is 3. The lowest BCUT2D eigenvalue weighted by Gasteiger charge is -2.37. The molecule has 2 N–H and O–H groups in total. The Hall–Kier alpha value is -8.62. The second-order valence-corrected chi connectivity index (χ2v) is 24.0. The van der Waals surface area contributed by atoms with Gasteiger partial charge in [-0.1, -0.05) is 71.7 Å². The van der Waals surface area contributed by atoms with Crippen LogP contribution in [0.1, 0.15) is 72.3 Å². The molecule has 8 aromatic heterocycles. The Morgan fingerprint density at radius 3 is 1.80 bits per heavy atom. The molecule has 4 unspecified atom stereocenters. The molecule has 1 fully saturated rings. The summed E-state index contributed by atoms with van der Waals surface area (Å²) in [5.74, 6) is -3.17. The summed E-state index contributed by atoms with van der Waals surface area (Å²) in [6, 6.07) is 43.5. The number of carboxylic acids is 1. The van der Waals surface area contributed by atoms with Gasteiger partial charge in [0.15, 0.2) is 27.7 Å². The number of aliphatic hydroxyl groups is 1. The number of carbonyl (C=O) groups excluding carboxylic acids is 6. The fourth-order valence-corrected chi connectivity index (χ4v) is 12.7. The van der Waals surface area contributed by atoms with E-state index in [1.807, 2.05) is 57.2 Å². The Kier molecular flexibility index (Phi) is 26.3. The smallest absolute Gasteiger partial charge is 0.337 e. The third-order valence-corrected chi connectivity index (χ3v) is 18.2. The number of amides is 1. The number of cyclic esters (lactones) is 1. The topological polar surface area (TPSA) is 255 Å². The lowest BCUT2D eigenvalue weighted by molar-refractivity contribution is -0.166. The monoisotopic (exact) mass is 1340 g/mol. The van der Waals surface area contributed by atoms with Gasteiger partial charge in [0, 0.05) is 82.5 Å². The summed E-state index contributed by atoms with van der Waals surface area (Å²) in [6.07, 6.45) is 8.91. The molecule has 11 rings (SSSR count). The number of halogens is 2. The van der Waals surface area contributed by atoms with Gasteiger partial charge < -0.3 is 19.7 Å². The zero-order chi connectivity index (χ0) is 64.5. The number of thioether (sulfide) groups is 2. The van der Waals surface area contributed by atoms with Crippen molar-refractivity contribution in [2.24, 2.45) is 0 Å². The molecule has 18 nitrogen and oxygen atoms in total. The summed E-state index contributed by atoms with van der Waals surface area (Å²) in [5.41, 5.74) is 1.14. The molecule has 2 aromatic carbocycles. The number of nitrogens with zero attached hydrogens (tertiary/aromatic N) is 6. The number of carbonyl (C=O) groups is 7. The lowest BCUT2D eigenvalue weighted by Crippen LogP contribution is -2.48. The highest BCUT2D eigenvalue weighted by Crippen LogP contribution is 2.45. The molecule has 0 spiro atoms. The molecule has 1 amide bonds. The Labute approximate surface area is 547 Å². The van der Waals surface area contributed by atoms with E-state index in [9.17, 15) is 38.7 Å². The lowest BCUT2D eigenvalue weighted by atomic mass is 9.84. The van der Waals surface area contributed by atoms with Crippen molar-refractivity contribution in [3.05, 3.63) is 276 Å². The maximum atomic E-state index is 13.2. The number of hydrogen-bond acceptors (Lipinski definition) is 21. The second-order valence-electron chi connectivity index (χ2n) is 18.5. The molecule has 9 heterocycles. The van der Waals surface area contributed by atoms with Crippen LogP contribution in [0.5, 0.6) is 0 Å². The van der Waals surface area contributed by atoms with Crippen LogP contribution in [0.2, 0.25) is 10.0 Å². The van der Waals surface area contributed by atoms with Gasteiger partial charge >= 0.3 is 17.9 Å². The molecule has 0 saturated carbocycles. The highest BCUT2D eigenvalue weighted by atomic mass is 35.5. The van der Waals surface area contributed by atoms with Gasteiger partial charge in [-0.15, -0.1) is 23.5 Å². The van der Waals surface area contributed by atoms with Crippen molar-refractivity contribution in [1.29, 1.82) is 0 Å². The maximum Gasteiger partial charge on any atom is 0.337 e. The fourth-order valence-electron chi connectivity index (χ4n) is 8.13. The van der Waals surface area contributed by atoms with Crippen molar-refractivity contribution in [3.8, 4) is 0 Å². The number of hydrogen-bond donors (Lipinski definition) is 2. The maximum absolute atomic E-state index is 13.2. The summed E-state index contributed by atoms with van der Waals surface area (Å²) in [7, 11) is 4.19. The fraction of sp³-hybridized carbons (Fsp3) is 0.138. The number of esters is 2. The summed E-state index contributed by atoms with van der Waals surface area (Å²) < 4.78 is 10.8. The average Bonchev–Trinajstić information content (AvgIpc) is 1.18. The van der Waals surface area contributed by atoms with Crippen molar-refractivity contribution in [1.82, 2.24) is 30.0 Å². The van der Waals surface area contributed by atoms with Crippen molar-refractivity contribution in [2.45, 2.75) is 44.3 Å². The van der Waals surface area contributed by atoms with E-state index in [2.05, 4.69) is 24.9 Å². The molecule has 1 saturated heterocycles. The highest BCUT2D eigenvalue weighted by molar-refractivity contribution is 8.01. The van der Waals surface area contributed by atoms with Crippen LogP contribution in [0, 0.1) is 0 Å². The van der Waals surface area contributed by atoms with Crippen LogP contribution in [0.25, 0.3) is 0 Å². The van der Waals surface area contributed by atoms with E-state index in [0.29, 0.717) is 53.7 Å². The number of Topliss-reactive ketones (excluding diaryl/α,β-unsaturated/α-hetero) is 2. The van der Waals surface area contributed by atoms with Crippen molar-refractivity contribution < 1.29 is 58.1 Å². The SMILES string of the molecule is COC(=O)C(Sc1ccccc1Cl)C(=O)CC(O)(c1ccsc1)c1ccccn1.CON(C)C(=O)c1ccccn1.O=C(O)c1cccnc1.O=C(c1ccsc1)c1ccccn1.O=C1CC(c2ccsc2)(c2ccccn2)OC(=O)C1Sc1ccccc1Cl. The number of thiophene rings is 3. The predicted molar refractivity (Wildman–Crippen MR) is 347 cm³/mol. The third-order valence-electron chi connectivity index (χ3n) is 12.7. The minimum atomic E-state index is -1.66. The van der Waals surface area contributed by atoms with Crippen molar-refractivity contribution >= 4 is 122 Å². The van der Waals surface area contributed by atoms with E-state index in [4.69, 9.17) is 42.6 Å². The molecule has 10 aromatic rings. The molecular formula is C65H54Cl2N6O12S5. The number of benzene rings is 2. The first kappa shape index (κ1) is 68.9. The molecule has 460 valence electrons. The van der Waals surface area contributed by atoms with E-state index >= 15 is 0 Å². The van der Waals surface area contributed by atoms with Gasteiger partial charge in [0.1, 0.15) is 17.0 Å². The standard InChI is InChI=1S/C21H18ClNO4S2.C20H14ClNO3S2.C10H7NOS.C8H10N2O2.C6H5NO2/c1-27-20(25)19(29-17-7-3-2-6-15(17)22)16(24)12-21(26,14-9-11-28-13-14)18-8-4-5-10-23-18;21-14-5-1-2-6-16(14)27-18-15(23)11-20(25-19(18)24,13-8-10-26-12-13)17-7-3-4-9-22-17;12-10(8-4-6-13-7-8)9-3-1-2-5-11-9;1-10(12-2)8(11)7-5-3-4-6-9-7;8-6(9)5-2-1-3-7-4-5/h2-11,13,19,26H,12H2,1H3;1-10,12,18H,11H2;1-7H;3-6H,1-2H3;1-4H,(H,8,9). The zero-order valence-electron chi connectivity index (χ0n) is 47.9. The van der Waals surface area contributed by atoms with E-state index in [0.717, 1.165) is 34.2 Å². The molecule has 1 aliphatic rings. The van der Waals surface area contributed by atoms with E-state index in [1.54, 1.807) is 145 Å². The number of pyridine rings is 5. The van der Waals surface area contributed by atoms with Crippen molar-refractivity contribution in [2.75, 3.05) is 21.3 Å². The van der Waals surface area contributed by atoms with Crippen LogP contribution in [0.3, 0.4) is 0 Å². The summed E-state index contributed by atoms with van der Waals surface area (Å²) in [6.45, 7) is 0. The van der Waals surface area contributed by atoms with E-state index < -0.39 is 45.4 Å². The number of hydroxylamine groups is 2. The van der Waals surface area contributed by atoms with Gasteiger partial charge in [-0.2, -0.15) is 34.0 Å². The number of methoxy groups -OCH3 is 1. The van der Waals surface area contributed by atoms with Gasteiger partial charge in [-0.25, -0.2) is 9.86 Å². The predicted octanol–water partition coefficient (Wildman–Crippen LogP) is 12.9. The minimum absolute atomic E-state index is 0.0122. The molecule has 0 aliphatic carbocycles. The number of carboxylic acid groups (broad SMARTS) is 1. The number of ether oxygens (including phenoxy) is 2. The van der Waals surface area contributed by atoms with Crippen LogP contribution >= 0.6 is 80.7 Å². The molecule has 0 bridgehead atoms. The quantitative estimate of drug-likeness (QED) is 0.0282. The van der Waals surface area contributed by atoms with Gasteiger partial charge in [0.2, 0.25) is 5.78 Å². The van der Waals surface area contributed by atoms with Crippen LogP contribution in [0.4, 0.5) is 0 Å². The summed E-state index contributed by atoms with van der Waals surface area (Å²) in [5, 5.41) is 30.8. The van der Waals surface area contributed by atoms with Gasteiger partial charge in [0.25, 0.3) is 5.91 Å². The largest absolute Gasteiger partial charge is 0.478 e. The molecular weight excluding hydrogens is 1290 g/mol. The van der Waals surface area contributed by atoms with Gasteiger partial charge in [-0.3, -0.25) is 58.5 Å². The van der Waals surface area contributed by atoms with Crippen molar-refractivity contribution in [3.63, 3.8) is 0 Å². The second kappa shape index (κ2) is 34.4. The summed E-state index contributed by atoms with van der Waals surface area (Å²) >= 11 is 18.9. The van der Waals surface area contributed by atoms with Gasteiger partial charge in [0.05, 0.1) is 47.6 Å².